The van der Waals surface area contributed by atoms with Gasteiger partial charge in [-0.05, 0) is 48.3 Å². The van der Waals surface area contributed by atoms with Gasteiger partial charge in [0, 0.05) is 40.6 Å². The van der Waals surface area contributed by atoms with E-state index >= 15 is 0 Å². The van der Waals surface area contributed by atoms with Crippen molar-refractivity contribution in [3.63, 3.8) is 0 Å². The van der Waals surface area contributed by atoms with E-state index in [1.54, 1.807) is 0 Å². The van der Waals surface area contributed by atoms with Gasteiger partial charge >= 0.3 is 0 Å². The van der Waals surface area contributed by atoms with Crippen molar-refractivity contribution in [2.75, 3.05) is 0 Å². The van der Waals surface area contributed by atoms with Gasteiger partial charge in [0.25, 0.3) is 0 Å². The molecule has 21 heavy (non-hydrogen) atoms. The van der Waals surface area contributed by atoms with Crippen LogP contribution in [0.2, 0.25) is 0 Å². The van der Waals surface area contributed by atoms with E-state index in [0.717, 1.165) is 29.0 Å². The highest BCUT2D eigenvalue weighted by atomic mass is 15.0. The Bertz CT molecular complexity index is 783. The molecule has 2 aromatic rings. The summed E-state index contributed by atoms with van der Waals surface area (Å²) in [6.07, 6.45) is 7.19. The second-order valence-electron chi connectivity index (χ2n) is 6.71. The topological polar surface area (TPSA) is 91.7 Å². The normalized spacial score (nSPS) is 33.8. The zero-order valence-corrected chi connectivity index (χ0v) is 12.1. The van der Waals surface area contributed by atoms with E-state index in [1.807, 2.05) is 6.07 Å². The molecule has 1 heterocycles. The lowest BCUT2D eigenvalue weighted by atomic mass is 9.93. The molecule has 2 saturated carbocycles. The Kier molecular flexibility index (Phi) is 2.27. The summed E-state index contributed by atoms with van der Waals surface area (Å²) in [6, 6.07) is 6.20. The molecule has 2 aliphatic carbocycles. The maximum atomic E-state index is 7.39. The molecule has 6 N–H and O–H groups in total. The number of allylic oxidation sites excluding steroid dienone is 1. The summed E-state index contributed by atoms with van der Waals surface area (Å²) in [7, 11) is 0. The molecule has 3 atom stereocenters. The van der Waals surface area contributed by atoms with Crippen molar-refractivity contribution in [2.24, 2.45) is 22.8 Å². The van der Waals surface area contributed by atoms with Crippen molar-refractivity contribution in [1.29, 1.82) is 5.41 Å². The second kappa shape index (κ2) is 3.77. The van der Waals surface area contributed by atoms with Crippen LogP contribution in [-0.2, 0) is 6.42 Å². The molecule has 108 valence electrons. The molecule has 2 unspecified atom stereocenters. The lowest BCUT2D eigenvalue weighted by molar-refractivity contribution is 0.442. The van der Waals surface area contributed by atoms with Crippen LogP contribution in [0.1, 0.15) is 24.5 Å². The number of nitrogens with one attached hydrogen (secondary N) is 2. The largest absolute Gasteiger partial charge is 0.404 e. The summed E-state index contributed by atoms with van der Waals surface area (Å²) in [6.45, 7) is 2.18. The number of fused-ring (bicyclic) bond motifs is 2. The van der Waals surface area contributed by atoms with Gasteiger partial charge in [-0.3, -0.25) is 0 Å². The first kappa shape index (κ1) is 12.7. The standard InChI is InChI=1S/C17H20N4/c1-16(20)15-6-17(15,16)5-11-9-21-14-4-10(2-3-13(11)14)12(7-18)8-19/h2-4,7-9,15,18,21H,5-6,19-20H2,1H3/b12-8+,18-7?/t15?,16-,17?/m1/s1. The SMILES string of the molecule is C[C@@]1(N)C2CC21Cc1c[nH]c2cc(/C(C=N)=C/N)ccc12. The number of hydrogen-bond acceptors (Lipinski definition) is 3. The monoisotopic (exact) mass is 280 g/mol. The number of aromatic nitrogens is 1. The second-order valence-corrected chi connectivity index (χ2v) is 6.71. The van der Waals surface area contributed by atoms with Crippen LogP contribution in [0.25, 0.3) is 16.5 Å². The minimum atomic E-state index is 0.0478. The van der Waals surface area contributed by atoms with Gasteiger partial charge in [-0.2, -0.15) is 0 Å². The number of H-pyrrole nitrogens is 1. The average Bonchev–Trinajstić information content (AvgIpc) is 3.25. The van der Waals surface area contributed by atoms with Gasteiger partial charge in [-0.1, -0.05) is 12.1 Å². The number of rotatable bonds is 4. The maximum Gasteiger partial charge on any atom is 0.0463 e. The van der Waals surface area contributed by atoms with E-state index in [9.17, 15) is 0 Å². The van der Waals surface area contributed by atoms with Crippen LogP contribution in [0, 0.1) is 16.7 Å². The molecule has 4 heteroatoms. The first-order valence-corrected chi connectivity index (χ1v) is 7.35. The van der Waals surface area contributed by atoms with E-state index in [2.05, 4.69) is 30.2 Å². The fourth-order valence-corrected chi connectivity index (χ4v) is 3.97. The van der Waals surface area contributed by atoms with E-state index < -0.39 is 0 Å². The molecule has 0 aliphatic heterocycles. The van der Waals surface area contributed by atoms with Crippen LogP contribution in [0.3, 0.4) is 0 Å². The van der Waals surface area contributed by atoms with Gasteiger partial charge in [0.05, 0.1) is 0 Å². The minimum absolute atomic E-state index is 0.0478. The Morgan fingerprint density at radius 1 is 1.52 bits per heavy atom. The Balaban J connectivity index is 1.69. The van der Waals surface area contributed by atoms with Gasteiger partial charge in [0.2, 0.25) is 0 Å². The molecule has 0 spiro atoms. The van der Waals surface area contributed by atoms with Crippen LogP contribution < -0.4 is 11.5 Å². The predicted octanol–water partition coefficient (Wildman–Crippen LogP) is 2.40. The van der Waals surface area contributed by atoms with Gasteiger partial charge in [-0.15, -0.1) is 0 Å². The molecule has 0 saturated heterocycles. The van der Waals surface area contributed by atoms with Crippen LogP contribution in [0.15, 0.2) is 30.6 Å². The molecule has 1 aromatic heterocycles. The third-order valence-electron chi connectivity index (χ3n) is 5.73. The molecule has 2 aliphatic rings. The molecular weight excluding hydrogens is 260 g/mol. The quantitative estimate of drug-likeness (QED) is 0.648. The first-order valence-electron chi connectivity index (χ1n) is 7.35. The maximum absolute atomic E-state index is 7.39. The number of aromatic amines is 1. The summed E-state index contributed by atoms with van der Waals surface area (Å²) in [5.74, 6) is 0.721. The third-order valence-corrected chi connectivity index (χ3v) is 5.73. The van der Waals surface area contributed by atoms with Gasteiger partial charge < -0.3 is 21.9 Å². The van der Waals surface area contributed by atoms with E-state index in [1.165, 1.54) is 29.8 Å². The van der Waals surface area contributed by atoms with Crippen LogP contribution >= 0.6 is 0 Å². The molecule has 0 amide bonds. The Morgan fingerprint density at radius 2 is 2.29 bits per heavy atom. The van der Waals surface area contributed by atoms with Crippen molar-refractivity contribution in [2.45, 2.75) is 25.3 Å². The average molecular weight is 280 g/mol. The zero-order valence-electron chi connectivity index (χ0n) is 12.1. The molecule has 4 rings (SSSR count). The highest BCUT2D eigenvalue weighted by Gasteiger charge is 2.84. The molecule has 0 radical (unpaired) electrons. The number of benzene rings is 1. The van der Waals surface area contributed by atoms with Crippen molar-refractivity contribution in [3.8, 4) is 0 Å². The van der Waals surface area contributed by atoms with E-state index in [4.69, 9.17) is 16.9 Å². The van der Waals surface area contributed by atoms with Gasteiger partial charge in [0.15, 0.2) is 0 Å². The van der Waals surface area contributed by atoms with Gasteiger partial charge in [-0.25, -0.2) is 0 Å². The third kappa shape index (κ3) is 1.51. The van der Waals surface area contributed by atoms with Crippen molar-refractivity contribution in [1.82, 2.24) is 4.98 Å². The van der Waals surface area contributed by atoms with Crippen LogP contribution in [-0.4, -0.2) is 16.7 Å². The van der Waals surface area contributed by atoms with Crippen molar-refractivity contribution in [3.05, 3.63) is 41.7 Å². The lowest BCUT2D eigenvalue weighted by Crippen LogP contribution is -2.32. The van der Waals surface area contributed by atoms with Crippen LogP contribution in [0.5, 0.6) is 0 Å². The number of hydrogen-bond donors (Lipinski definition) is 4. The molecule has 1 aromatic carbocycles. The Morgan fingerprint density at radius 3 is 2.86 bits per heavy atom. The molecule has 0 bridgehead atoms. The Hall–Kier alpha value is -2.07. The highest BCUT2D eigenvalue weighted by molar-refractivity contribution is 6.09. The van der Waals surface area contributed by atoms with Crippen molar-refractivity contribution >= 4 is 22.7 Å². The summed E-state index contributed by atoms with van der Waals surface area (Å²) >= 11 is 0. The Labute approximate surface area is 123 Å². The van der Waals surface area contributed by atoms with Crippen molar-refractivity contribution < 1.29 is 0 Å². The lowest BCUT2D eigenvalue weighted by Gasteiger charge is -2.16. The first-order chi connectivity index (χ1) is 10.0. The smallest absolute Gasteiger partial charge is 0.0463 e. The number of nitrogens with two attached hydrogens (primary N) is 2. The zero-order chi connectivity index (χ0) is 14.8. The van der Waals surface area contributed by atoms with Crippen LogP contribution in [0.4, 0.5) is 0 Å². The fraction of sp³-hybridized carbons (Fsp3) is 0.353. The fourth-order valence-electron chi connectivity index (χ4n) is 3.97. The highest BCUT2D eigenvalue weighted by Crippen LogP contribution is 2.82. The summed E-state index contributed by atoms with van der Waals surface area (Å²) in [5.41, 5.74) is 16.4. The summed E-state index contributed by atoms with van der Waals surface area (Å²) < 4.78 is 0. The molecule has 2 fully saturated rings. The molecular formula is C17H20N4. The predicted molar refractivity (Wildman–Crippen MR) is 86.1 cm³/mol. The van der Waals surface area contributed by atoms with E-state index in [-0.39, 0.29) is 5.54 Å². The minimum Gasteiger partial charge on any atom is -0.404 e. The van der Waals surface area contributed by atoms with E-state index in [0.29, 0.717) is 5.41 Å². The van der Waals surface area contributed by atoms with Gasteiger partial charge in [0.1, 0.15) is 0 Å². The summed E-state index contributed by atoms with van der Waals surface area (Å²) in [5, 5.41) is 8.64. The summed E-state index contributed by atoms with van der Waals surface area (Å²) in [4.78, 5) is 3.34. The molecule has 4 nitrogen and oxygen atoms in total.